The molecule has 1 heterocycles. The van der Waals surface area contributed by atoms with Crippen LogP contribution in [0, 0.1) is 0 Å². The number of rotatable bonds is 9. The summed E-state index contributed by atoms with van der Waals surface area (Å²) in [5.74, 6) is 0.648. The van der Waals surface area contributed by atoms with Crippen LogP contribution in [-0.2, 0) is 24.3 Å². The fourth-order valence-corrected chi connectivity index (χ4v) is 5.05. The van der Waals surface area contributed by atoms with Gasteiger partial charge in [0.15, 0.2) is 0 Å². The third-order valence-electron chi connectivity index (χ3n) is 5.99. The summed E-state index contributed by atoms with van der Waals surface area (Å²) in [7, 11) is 2.03. The molecule has 0 N–H and O–H groups in total. The lowest BCUT2D eigenvalue weighted by Gasteiger charge is -2.37. The molecule has 3 rings (SSSR count). The number of ether oxygens (including phenoxy) is 3. The lowest BCUT2D eigenvalue weighted by atomic mass is 10.2. The van der Waals surface area contributed by atoms with Crippen molar-refractivity contribution in [2.24, 2.45) is 0 Å². The van der Waals surface area contributed by atoms with E-state index in [2.05, 4.69) is 4.74 Å². The minimum absolute atomic E-state index is 0.0466. The van der Waals surface area contributed by atoms with Gasteiger partial charge in [-0.3, -0.25) is 13.9 Å². The van der Waals surface area contributed by atoms with Crippen molar-refractivity contribution < 1.29 is 32.2 Å². The quantitative estimate of drug-likeness (QED) is 0.478. The van der Waals surface area contributed by atoms with Gasteiger partial charge in [-0.05, 0) is 42.5 Å². The van der Waals surface area contributed by atoms with E-state index in [0.29, 0.717) is 49.1 Å². The molecule has 0 unspecified atom stereocenters. The highest BCUT2D eigenvalue weighted by molar-refractivity contribution is 7.92. The molecular formula is C24H31N3O7S. The predicted octanol–water partition coefficient (Wildman–Crippen LogP) is 2.13. The third-order valence-corrected chi connectivity index (χ3v) is 7.77. The molecule has 0 bridgehead atoms. The molecule has 0 atom stereocenters. The van der Waals surface area contributed by atoms with E-state index >= 15 is 0 Å². The molecule has 10 nitrogen and oxygen atoms in total. The summed E-state index contributed by atoms with van der Waals surface area (Å²) in [5, 5.41) is 0. The van der Waals surface area contributed by atoms with Crippen LogP contribution >= 0.6 is 0 Å². The minimum Gasteiger partial charge on any atom is -0.497 e. The number of benzene rings is 2. The zero-order chi connectivity index (χ0) is 25.6. The van der Waals surface area contributed by atoms with E-state index < -0.39 is 16.0 Å². The van der Waals surface area contributed by atoms with Gasteiger partial charge in [-0.1, -0.05) is 0 Å². The largest absolute Gasteiger partial charge is 0.497 e. The summed E-state index contributed by atoms with van der Waals surface area (Å²) in [6, 6.07) is 11.5. The lowest BCUT2D eigenvalue weighted by molar-refractivity contribution is -0.143. The Kier molecular flexibility index (Phi) is 8.44. The second-order valence-electron chi connectivity index (χ2n) is 7.95. The normalized spacial score (nSPS) is 13.8. The fourth-order valence-electron chi connectivity index (χ4n) is 3.83. The number of sulfonamides is 1. The van der Waals surface area contributed by atoms with Gasteiger partial charge in [-0.15, -0.1) is 0 Å². The van der Waals surface area contributed by atoms with E-state index in [4.69, 9.17) is 9.47 Å². The Morgan fingerprint density at radius 2 is 1.57 bits per heavy atom. The molecule has 0 spiro atoms. The first-order valence-electron chi connectivity index (χ1n) is 11.1. The molecule has 2 aromatic rings. The van der Waals surface area contributed by atoms with Gasteiger partial charge in [-0.2, -0.15) is 0 Å². The van der Waals surface area contributed by atoms with Gasteiger partial charge in [0.05, 0.1) is 44.0 Å². The van der Waals surface area contributed by atoms with Crippen molar-refractivity contribution in [2.75, 3.05) is 63.8 Å². The van der Waals surface area contributed by atoms with Crippen molar-refractivity contribution in [3.8, 4) is 11.5 Å². The Morgan fingerprint density at radius 1 is 0.914 bits per heavy atom. The average Bonchev–Trinajstić information content (AvgIpc) is 2.90. The zero-order valence-electron chi connectivity index (χ0n) is 20.4. The van der Waals surface area contributed by atoms with Crippen LogP contribution in [0.25, 0.3) is 0 Å². The SMILES string of the molecule is COC(=O)CCC(=O)N1CCN(c2cc(S(=O)(=O)N(C)c3ccc(OC)cc3)ccc2OC)CC1. The summed E-state index contributed by atoms with van der Waals surface area (Å²) in [5.41, 5.74) is 1.14. The van der Waals surface area contributed by atoms with Crippen LogP contribution in [0.1, 0.15) is 12.8 Å². The van der Waals surface area contributed by atoms with E-state index in [1.54, 1.807) is 48.4 Å². The summed E-state index contributed by atoms with van der Waals surface area (Å²) in [4.78, 5) is 27.5. The number of hydrogen-bond acceptors (Lipinski definition) is 8. The third kappa shape index (κ3) is 5.97. The standard InChI is InChI=1S/C24H31N3O7S/c1-25(18-5-7-19(32-2)8-6-18)35(30,31)20-9-10-22(33-3)21(17-20)26-13-15-27(16-14-26)23(28)11-12-24(29)34-4/h5-10,17H,11-16H2,1-4H3. The maximum Gasteiger partial charge on any atom is 0.306 e. The Balaban J connectivity index is 1.76. The zero-order valence-corrected chi connectivity index (χ0v) is 21.2. The van der Waals surface area contributed by atoms with Gasteiger partial charge in [-0.25, -0.2) is 8.42 Å². The van der Waals surface area contributed by atoms with Crippen LogP contribution in [0.4, 0.5) is 11.4 Å². The van der Waals surface area contributed by atoms with Crippen LogP contribution in [0.3, 0.4) is 0 Å². The monoisotopic (exact) mass is 505 g/mol. The molecule has 0 aliphatic carbocycles. The highest BCUT2D eigenvalue weighted by Gasteiger charge is 2.27. The van der Waals surface area contributed by atoms with Crippen molar-refractivity contribution >= 4 is 33.3 Å². The average molecular weight is 506 g/mol. The summed E-state index contributed by atoms with van der Waals surface area (Å²) in [6.45, 7) is 1.90. The molecule has 0 saturated carbocycles. The molecule has 11 heteroatoms. The van der Waals surface area contributed by atoms with Crippen molar-refractivity contribution in [1.29, 1.82) is 0 Å². The molecule has 1 amide bonds. The first kappa shape index (κ1) is 26.1. The highest BCUT2D eigenvalue weighted by atomic mass is 32.2. The van der Waals surface area contributed by atoms with Crippen molar-refractivity contribution in [3.05, 3.63) is 42.5 Å². The maximum atomic E-state index is 13.4. The van der Waals surface area contributed by atoms with E-state index in [0.717, 1.165) is 0 Å². The van der Waals surface area contributed by atoms with Gasteiger partial charge in [0, 0.05) is 39.6 Å². The molecule has 1 fully saturated rings. The Morgan fingerprint density at radius 3 is 2.14 bits per heavy atom. The minimum atomic E-state index is -3.84. The van der Waals surface area contributed by atoms with Crippen molar-refractivity contribution in [1.82, 2.24) is 4.90 Å². The number of carbonyl (C=O) groups excluding carboxylic acids is 2. The van der Waals surface area contributed by atoms with E-state index in [1.165, 1.54) is 31.6 Å². The molecule has 190 valence electrons. The smallest absolute Gasteiger partial charge is 0.306 e. The first-order valence-corrected chi connectivity index (χ1v) is 12.6. The summed E-state index contributed by atoms with van der Waals surface area (Å²) >= 11 is 0. The van der Waals surface area contributed by atoms with Crippen LogP contribution in [0.2, 0.25) is 0 Å². The number of nitrogens with zero attached hydrogens (tertiary/aromatic N) is 3. The number of hydrogen-bond donors (Lipinski definition) is 0. The van der Waals surface area contributed by atoms with Crippen LogP contribution in [-0.4, -0.2) is 79.8 Å². The first-order chi connectivity index (χ1) is 16.7. The van der Waals surface area contributed by atoms with Crippen molar-refractivity contribution in [3.63, 3.8) is 0 Å². The second-order valence-corrected chi connectivity index (χ2v) is 9.92. The van der Waals surface area contributed by atoms with Crippen LogP contribution in [0.5, 0.6) is 11.5 Å². The number of amides is 1. The highest BCUT2D eigenvalue weighted by Crippen LogP contribution is 2.33. The lowest BCUT2D eigenvalue weighted by Crippen LogP contribution is -2.49. The molecule has 1 aliphatic heterocycles. The Labute approximate surface area is 206 Å². The van der Waals surface area contributed by atoms with Gasteiger partial charge in [0.1, 0.15) is 11.5 Å². The topological polar surface area (TPSA) is 106 Å². The van der Waals surface area contributed by atoms with Gasteiger partial charge >= 0.3 is 5.97 Å². The number of anilines is 2. The number of methoxy groups -OCH3 is 3. The van der Waals surface area contributed by atoms with Gasteiger partial charge in [0.25, 0.3) is 10.0 Å². The number of esters is 1. The molecule has 1 saturated heterocycles. The molecule has 1 aliphatic rings. The number of piperazine rings is 1. The molecule has 2 aromatic carbocycles. The maximum absolute atomic E-state index is 13.4. The number of carbonyl (C=O) groups is 2. The fraction of sp³-hybridized carbons (Fsp3) is 0.417. The van der Waals surface area contributed by atoms with Gasteiger partial charge in [0.2, 0.25) is 5.91 Å². The summed E-state index contributed by atoms with van der Waals surface area (Å²) in [6.07, 6.45) is 0.145. The van der Waals surface area contributed by atoms with Gasteiger partial charge < -0.3 is 24.0 Å². The van der Waals surface area contributed by atoms with Crippen molar-refractivity contribution in [2.45, 2.75) is 17.7 Å². The Hall–Kier alpha value is -3.47. The molecule has 0 radical (unpaired) electrons. The van der Waals surface area contributed by atoms with E-state index in [1.807, 2.05) is 4.90 Å². The Bertz CT molecular complexity index is 1140. The van der Waals surface area contributed by atoms with E-state index in [-0.39, 0.29) is 23.6 Å². The molecule has 0 aromatic heterocycles. The van der Waals surface area contributed by atoms with Crippen LogP contribution < -0.4 is 18.7 Å². The molecule has 35 heavy (non-hydrogen) atoms. The van der Waals surface area contributed by atoms with E-state index in [9.17, 15) is 18.0 Å². The summed E-state index contributed by atoms with van der Waals surface area (Å²) < 4.78 is 43.2. The predicted molar refractivity (Wildman–Crippen MR) is 132 cm³/mol. The van der Waals surface area contributed by atoms with Crippen LogP contribution in [0.15, 0.2) is 47.4 Å². The second kappa shape index (κ2) is 11.3. The molecular weight excluding hydrogens is 474 g/mol.